The molecule has 0 saturated heterocycles. The molecule has 0 amide bonds. The maximum Gasteiger partial charge on any atom is 0.419 e. The Balaban J connectivity index is 2.01. The van der Waals surface area contributed by atoms with Crippen molar-refractivity contribution in [2.24, 2.45) is 5.73 Å². The molecular weight excluding hydrogens is 458 g/mol. The molecule has 0 saturated carbocycles. The number of aryl methyl sites for hydroxylation is 3. The highest BCUT2D eigenvalue weighted by molar-refractivity contribution is 7.17. The fourth-order valence-corrected chi connectivity index (χ4v) is 3.82. The molecular formula is C23H31F3NO5P. The van der Waals surface area contributed by atoms with E-state index in [-0.39, 0.29) is 31.8 Å². The molecule has 2 unspecified atom stereocenters. The van der Waals surface area contributed by atoms with Crippen LogP contribution in [0.1, 0.15) is 35.1 Å². The Morgan fingerprint density at radius 1 is 1.06 bits per heavy atom. The van der Waals surface area contributed by atoms with E-state index in [1.54, 1.807) is 13.2 Å². The standard InChI is InChI=1S/C23H31F3NO5P/c1-16-12-17(5-7-20(16)30-2)4-3-11-31-21-8-6-18(13-19(21)23(24,25)26)9-10-22(27,14-28)15-32-33-29/h5-8,12-13,28H,3-4,9-11,14-15,27,33H2,1-2H3. The average Bonchev–Trinajstić information content (AvgIpc) is 2.79. The predicted molar refractivity (Wildman–Crippen MR) is 122 cm³/mol. The van der Waals surface area contributed by atoms with Gasteiger partial charge < -0.3 is 24.8 Å². The van der Waals surface area contributed by atoms with E-state index in [1.807, 2.05) is 25.1 Å². The van der Waals surface area contributed by atoms with Gasteiger partial charge in [0, 0.05) is 0 Å². The van der Waals surface area contributed by atoms with E-state index in [1.165, 1.54) is 6.07 Å². The first kappa shape index (κ1) is 27.2. The molecule has 2 aromatic rings. The van der Waals surface area contributed by atoms with Crippen molar-refractivity contribution in [1.82, 2.24) is 0 Å². The molecule has 0 radical (unpaired) electrons. The van der Waals surface area contributed by atoms with Crippen molar-refractivity contribution >= 4 is 8.69 Å². The van der Waals surface area contributed by atoms with Gasteiger partial charge in [0.25, 0.3) is 0 Å². The quantitative estimate of drug-likeness (QED) is 0.321. The van der Waals surface area contributed by atoms with Crippen LogP contribution in [0, 0.1) is 6.92 Å². The number of aliphatic hydroxyl groups is 1. The molecule has 0 aliphatic carbocycles. The monoisotopic (exact) mass is 489 g/mol. The van der Waals surface area contributed by atoms with Crippen LogP contribution in [0.5, 0.6) is 11.5 Å². The average molecular weight is 489 g/mol. The number of rotatable bonds is 13. The molecule has 33 heavy (non-hydrogen) atoms. The number of nitrogens with two attached hydrogens (primary N) is 1. The number of alkyl halides is 3. The number of ether oxygens (including phenoxy) is 2. The molecule has 0 bridgehead atoms. The van der Waals surface area contributed by atoms with E-state index >= 15 is 0 Å². The van der Waals surface area contributed by atoms with E-state index in [2.05, 4.69) is 0 Å². The molecule has 184 valence electrons. The zero-order chi connectivity index (χ0) is 24.5. The number of hydrogen-bond donors (Lipinski definition) is 2. The zero-order valence-electron chi connectivity index (χ0n) is 18.8. The maximum atomic E-state index is 13.6. The van der Waals surface area contributed by atoms with Crippen molar-refractivity contribution in [3.05, 3.63) is 58.7 Å². The third-order valence-corrected chi connectivity index (χ3v) is 5.64. The van der Waals surface area contributed by atoms with Gasteiger partial charge >= 0.3 is 6.18 Å². The summed E-state index contributed by atoms with van der Waals surface area (Å²) in [5, 5.41) is 9.46. The Hall–Kier alpha value is -2.06. The zero-order valence-corrected chi connectivity index (χ0v) is 19.9. The van der Waals surface area contributed by atoms with Crippen molar-refractivity contribution in [3.8, 4) is 11.5 Å². The summed E-state index contributed by atoms with van der Waals surface area (Å²) in [5.74, 6) is 0.562. The van der Waals surface area contributed by atoms with Crippen molar-refractivity contribution in [3.63, 3.8) is 0 Å². The third-order valence-electron chi connectivity index (χ3n) is 5.34. The lowest BCUT2D eigenvalue weighted by atomic mass is 9.93. The summed E-state index contributed by atoms with van der Waals surface area (Å²) in [6.07, 6.45) is -3.00. The second-order valence-corrected chi connectivity index (χ2v) is 8.54. The predicted octanol–water partition coefficient (Wildman–Crippen LogP) is 4.34. The first-order chi connectivity index (χ1) is 15.6. The Labute approximate surface area is 193 Å². The molecule has 6 nitrogen and oxygen atoms in total. The summed E-state index contributed by atoms with van der Waals surface area (Å²) in [6.45, 7) is 1.50. The van der Waals surface area contributed by atoms with Crippen molar-refractivity contribution in [1.29, 1.82) is 0 Å². The van der Waals surface area contributed by atoms with E-state index in [4.69, 9.17) is 19.7 Å². The Morgan fingerprint density at radius 3 is 2.30 bits per heavy atom. The van der Waals surface area contributed by atoms with Gasteiger partial charge in [0.05, 0.1) is 38.0 Å². The van der Waals surface area contributed by atoms with E-state index in [0.29, 0.717) is 18.4 Å². The smallest absolute Gasteiger partial charge is 0.419 e. The number of benzene rings is 2. The van der Waals surface area contributed by atoms with Gasteiger partial charge in [-0.3, -0.25) is 4.57 Å². The molecule has 0 fully saturated rings. The van der Waals surface area contributed by atoms with Gasteiger partial charge in [0.2, 0.25) is 0 Å². The highest BCUT2D eigenvalue weighted by Gasteiger charge is 2.35. The number of hydrogen-bond acceptors (Lipinski definition) is 6. The van der Waals surface area contributed by atoms with Crippen LogP contribution in [-0.4, -0.2) is 37.6 Å². The Morgan fingerprint density at radius 2 is 1.73 bits per heavy atom. The normalized spacial score (nSPS) is 13.9. The van der Waals surface area contributed by atoms with Crippen LogP contribution in [-0.2, 0) is 28.1 Å². The molecule has 10 heteroatoms. The number of halogens is 3. The molecule has 2 rings (SSSR count). The Bertz CT molecular complexity index is 925. The fraction of sp³-hybridized carbons (Fsp3) is 0.478. The van der Waals surface area contributed by atoms with Crippen LogP contribution < -0.4 is 15.2 Å². The lowest BCUT2D eigenvalue weighted by Crippen LogP contribution is -2.47. The minimum absolute atomic E-state index is 0.136. The summed E-state index contributed by atoms with van der Waals surface area (Å²) in [5.41, 5.74) is 6.41. The minimum Gasteiger partial charge on any atom is -0.496 e. The molecule has 3 N–H and O–H groups in total. The fourth-order valence-electron chi connectivity index (χ4n) is 3.42. The highest BCUT2D eigenvalue weighted by Crippen LogP contribution is 2.37. The van der Waals surface area contributed by atoms with Crippen LogP contribution in [0.25, 0.3) is 0 Å². The van der Waals surface area contributed by atoms with Crippen molar-refractivity contribution < 1.29 is 36.8 Å². The van der Waals surface area contributed by atoms with Gasteiger partial charge in [0.15, 0.2) is 8.69 Å². The van der Waals surface area contributed by atoms with E-state index in [9.17, 15) is 22.8 Å². The van der Waals surface area contributed by atoms with Crippen molar-refractivity contribution in [2.75, 3.05) is 26.9 Å². The first-order valence-electron chi connectivity index (χ1n) is 10.5. The lowest BCUT2D eigenvalue weighted by Gasteiger charge is -2.26. The molecule has 0 aliphatic rings. The maximum absolute atomic E-state index is 13.6. The second kappa shape index (κ2) is 12.4. The summed E-state index contributed by atoms with van der Waals surface area (Å²) >= 11 is 0. The molecule has 0 aliphatic heterocycles. The first-order valence-corrected chi connectivity index (χ1v) is 11.5. The third kappa shape index (κ3) is 8.34. The van der Waals surface area contributed by atoms with Crippen LogP contribution in [0.2, 0.25) is 0 Å². The van der Waals surface area contributed by atoms with Crippen LogP contribution in [0.15, 0.2) is 36.4 Å². The van der Waals surface area contributed by atoms with Gasteiger partial charge in [-0.15, -0.1) is 0 Å². The molecule has 0 heterocycles. The van der Waals surface area contributed by atoms with E-state index in [0.717, 1.165) is 22.9 Å². The van der Waals surface area contributed by atoms with Gasteiger partial charge in [-0.1, -0.05) is 18.2 Å². The number of methoxy groups -OCH3 is 1. The largest absolute Gasteiger partial charge is 0.496 e. The molecule has 2 aromatic carbocycles. The van der Waals surface area contributed by atoms with Crippen LogP contribution in [0.4, 0.5) is 13.2 Å². The second-order valence-electron chi connectivity index (χ2n) is 8.01. The van der Waals surface area contributed by atoms with Gasteiger partial charge in [-0.25, -0.2) is 0 Å². The lowest BCUT2D eigenvalue weighted by molar-refractivity contribution is -0.139. The number of aliphatic hydroxyl groups excluding tert-OH is 1. The molecule has 2 atom stereocenters. The van der Waals surface area contributed by atoms with Crippen molar-refractivity contribution in [2.45, 2.75) is 44.3 Å². The van der Waals surface area contributed by atoms with E-state index < -0.39 is 32.6 Å². The minimum atomic E-state index is -4.58. The van der Waals surface area contributed by atoms with Gasteiger partial charge in [-0.05, 0) is 67.5 Å². The topological polar surface area (TPSA) is 91.0 Å². The molecule has 0 aromatic heterocycles. The molecule has 0 spiro atoms. The SMILES string of the molecule is COc1ccc(CCCOc2ccc(CCC(N)(CO)CO[PH2]=O)cc2C(F)(F)F)cc1C. The summed E-state index contributed by atoms with van der Waals surface area (Å²) in [4.78, 5) is 0. The van der Waals surface area contributed by atoms with Gasteiger partial charge in [-0.2, -0.15) is 13.2 Å². The van der Waals surface area contributed by atoms with Crippen LogP contribution >= 0.6 is 8.69 Å². The summed E-state index contributed by atoms with van der Waals surface area (Å²) in [6, 6.07) is 9.68. The highest BCUT2D eigenvalue weighted by atomic mass is 31.1. The Kier molecular flexibility index (Phi) is 10.2. The summed E-state index contributed by atoms with van der Waals surface area (Å²) < 4.78 is 66.9. The summed E-state index contributed by atoms with van der Waals surface area (Å²) in [7, 11) is 0.120. The van der Waals surface area contributed by atoms with Crippen LogP contribution in [0.3, 0.4) is 0 Å². The van der Waals surface area contributed by atoms with Gasteiger partial charge in [0.1, 0.15) is 11.5 Å².